The van der Waals surface area contributed by atoms with E-state index in [0.29, 0.717) is 0 Å². The molecule has 0 bridgehead atoms. The highest BCUT2D eigenvalue weighted by atomic mass is 35.5. The standard InChI is InChI=1S/C20H22ClFN6/c1-14-16(12-26(2)25-14)13-27-7-9-28(10-8-27)20-19(23-5-6-24-20)15-3-4-18(22)17(21)11-15/h3-6,11-12H,7-10,13H2,1-2H3. The summed E-state index contributed by atoms with van der Waals surface area (Å²) in [7, 11) is 1.95. The summed E-state index contributed by atoms with van der Waals surface area (Å²) < 4.78 is 15.4. The zero-order valence-electron chi connectivity index (χ0n) is 15.9. The second kappa shape index (κ2) is 7.85. The summed E-state index contributed by atoms with van der Waals surface area (Å²) in [6.45, 7) is 6.49. The molecular weight excluding hydrogens is 379 g/mol. The van der Waals surface area contributed by atoms with Crippen molar-refractivity contribution in [2.24, 2.45) is 7.05 Å². The molecule has 3 aromatic rings. The second-order valence-corrected chi connectivity index (χ2v) is 7.44. The maximum Gasteiger partial charge on any atom is 0.155 e. The van der Waals surface area contributed by atoms with Crippen molar-refractivity contribution in [3.8, 4) is 11.3 Å². The van der Waals surface area contributed by atoms with Crippen LogP contribution in [0.4, 0.5) is 10.2 Å². The molecule has 6 nitrogen and oxygen atoms in total. The summed E-state index contributed by atoms with van der Waals surface area (Å²) in [4.78, 5) is 13.7. The van der Waals surface area contributed by atoms with Gasteiger partial charge in [-0.05, 0) is 25.1 Å². The van der Waals surface area contributed by atoms with Crippen LogP contribution < -0.4 is 4.90 Å². The lowest BCUT2D eigenvalue weighted by atomic mass is 10.1. The summed E-state index contributed by atoms with van der Waals surface area (Å²) in [5, 5.41) is 4.51. The Hall–Kier alpha value is -2.51. The molecule has 0 N–H and O–H groups in total. The molecule has 0 atom stereocenters. The molecule has 0 saturated carbocycles. The number of aryl methyl sites for hydroxylation is 2. The first-order chi connectivity index (χ1) is 13.5. The van der Waals surface area contributed by atoms with E-state index in [9.17, 15) is 4.39 Å². The third-order valence-corrected chi connectivity index (χ3v) is 5.34. The molecule has 0 aliphatic carbocycles. The molecule has 1 saturated heterocycles. The minimum atomic E-state index is -0.435. The maximum atomic E-state index is 13.5. The van der Waals surface area contributed by atoms with Gasteiger partial charge in [-0.2, -0.15) is 5.10 Å². The number of benzene rings is 1. The Labute approximate surface area is 168 Å². The molecule has 0 amide bonds. The molecule has 0 radical (unpaired) electrons. The van der Waals surface area contributed by atoms with Gasteiger partial charge in [0.15, 0.2) is 5.82 Å². The second-order valence-electron chi connectivity index (χ2n) is 7.03. The molecule has 3 heterocycles. The third-order valence-electron chi connectivity index (χ3n) is 5.05. The Morgan fingerprint density at radius 3 is 2.54 bits per heavy atom. The van der Waals surface area contributed by atoms with Crippen molar-refractivity contribution in [2.75, 3.05) is 31.1 Å². The Balaban J connectivity index is 1.49. The molecule has 1 aliphatic rings. The highest BCUT2D eigenvalue weighted by molar-refractivity contribution is 6.31. The lowest BCUT2D eigenvalue weighted by Gasteiger charge is -2.35. The molecule has 28 heavy (non-hydrogen) atoms. The summed E-state index contributed by atoms with van der Waals surface area (Å²) in [6.07, 6.45) is 5.42. The predicted octanol–water partition coefficient (Wildman–Crippen LogP) is 3.30. The molecule has 1 aromatic carbocycles. The smallest absolute Gasteiger partial charge is 0.155 e. The largest absolute Gasteiger partial charge is 0.352 e. The average molecular weight is 401 g/mol. The van der Waals surface area contributed by atoms with Gasteiger partial charge in [0.25, 0.3) is 0 Å². The third kappa shape index (κ3) is 3.86. The Kier molecular flexibility index (Phi) is 5.28. The first-order valence-corrected chi connectivity index (χ1v) is 9.62. The Morgan fingerprint density at radius 1 is 1.11 bits per heavy atom. The Morgan fingerprint density at radius 2 is 1.86 bits per heavy atom. The number of nitrogens with zero attached hydrogens (tertiary/aromatic N) is 6. The predicted molar refractivity (Wildman–Crippen MR) is 108 cm³/mol. The van der Waals surface area contributed by atoms with Crippen LogP contribution >= 0.6 is 11.6 Å². The van der Waals surface area contributed by atoms with Crippen molar-refractivity contribution in [3.63, 3.8) is 0 Å². The minimum absolute atomic E-state index is 0.0887. The molecule has 4 rings (SSSR count). The van der Waals surface area contributed by atoms with Crippen molar-refractivity contribution in [1.29, 1.82) is 0 Å². The molecular formula is C20H22ClFN6. The summed E-state index contributed by atoms with van der Waals surface area (Å²) in [5.41, 5.74) is 3.83. The van der Waals surface area contributed by atoms with Crippen molar-refractivity contribution in [1.82, 2.24) is 24.6 Å². The van der Waals surface area contributed by atoms with Gasteiger partial charge < -0.3 is 4.90 Å². The lowest BCUT2D eigenvalue weighted by molar-refractivity contribution is 0.249. The van der Waals surface area contributed by atoms with E-state index in [0.717, 1.165) is 55.5 Å². The summed E-state index contributed by atoms with van der Waals surface area (Å²) in [6, 6.07) is 4.66. The van der Waals surface area contributed by atoms with Gasteiger partial charge in [-0.15, -0.1) is 0 Å². The van der Waals surface area contributed by atoms with E-state index in [1.165, 1.54) is 11.6 Å². The van der Waals surface area contributed by atoms with E-state index in [4.69, 9.17) is 11.6 Å². The highest BCUT2D eigenvalue weighted by Crippen LogP contribution is 2.30. The summed E-state index contributed by atoms with van der Waals surface area (Å²) in [5.74, 6) is 0.373. The van der Waals surface area contributed by atoms with Gasteiger partial charge in [0.1, 0.15) is 11.5 Å². The van der Waals surface area contributed by atoms with Crippen LogP contribution in [0.3, 0.4) is 0 Å². The number of hydrogen-bond acceptors (Lipinski definition) is 5. The normalized spacial score (nSPS) is 15.2. The fourth-order valence-corrected chi connectivity index (χ4v) is 3.75. The van der Waals surface area contributed by atoms with E-state index < -0.39 is 5.82 Å². The zero-order valence-corrected chi connectivity index (χ0v) is 16.7. The number of piperazine rings is 1. The number of rotatable bonds is 4. The molecule has 1 aliphatic heterocycles. The fourth-order valence-electron chi connectivity index (χ4n) is 3.57. The quantitative estimate of drug-likeness (QED) is 0.672. The van der Waals surface area contributed by atoms with Gasteiger partial charge in [0, 0.05) is 69.5 Å². The van der Waals surface area contributed by atoms with Gasteiger partial charge in [0.2, 0.25) is 0 Å². The molecule has 146 valence electrons. The first kappa shape index (κ1) is 18.8. The summed E-state index contributed by atoms with van der Waals surface area (Å²) >= 11 is 5.96. The SMILES string of the molecule is Cc1nn(C)cc1CN1CCN(c2nccnc2-c2ccc(F)c(Cl)c2)CC1. The van der Waals surface area contributed by atoms with Crippen LogP contribution in [0.25, 0.3) is 11.3 Å². The number of anilines is 1. The number of halogens is 2. The fraction of sp³-hybridized carbons (Fsp3) is 0.350. The van der Waals surface area contributed by atoms with E-state index in [2.05, 4.69) is 31.1 Å². The van der Waals surface area contributed by atoms with Gasteiger partial charge in [-0.25, -0.2) is 9.37 Å². The van der Waals surface area contributed by atoms with Crippen LogP contribution in [0.2, 0.25) is 5.02 Å². The topological polar surface area (TPSA) is 50.1 Å². The van der Waals surface area contributed by atoms with Crippen LogP contribution in [0, 0.1) is 12.7 Å². The lowest BCUT2D eigenvalue weighted by Crippen LogP contribution is -2.46. The maximum absolute atomic E-state index is 13.5. The van der Waals surface area contributed by atoms with Gasteiger partial charge in [0.05, 0.1) is 10.7 Å². The van der Waals surface area contributed by atoms with Gasteiger partial charge in [-0.1, -0.05) is 11.6 Å². The zero-order chi connectivity index (χ0) is 19.7. The van der Waals surface area contributed by atoms with Crippen molar-refractivity contribution >= 4 is 17.4 Å². The minimum Gasteiger partial charge on any atom is -0.352 e. The van der Waals surface area contributed by atoms with Crippen molar-refractivity contribution in [2.45, 2.75) is 13.5 Å². The molecule has 8 heteroatoms. The van der Waals surface area contributed by atoms with E-state index in [-0.39, 0.29) is 5.02 Å². The van der Waals surface area contributed by atoms with Crippen LogP contribution in [0.1, 0.15) is 11.3 Å². The van der Waals surface area contributed by atoms with Crippen LogP contribution in [-0.4, -0.2) is 50.8 Å². The number of aromatic nitrogens is 4. The van der Waals surface area contributed by atoms with E-state index in [1.807, 2.05) is 18.7 Å². The van der Waals surface area contributed by atoms with Gasteiger partial charge in [-0.3, -0.25) is 14.6 Å². The monoisotopic (exact) mass is 400 g/mol. The first-order valence-electron chi connectivity index (χ1n) is 9.24. The molecule has 1 fully saturated rings. The average Bonchev–Trinajstić information content (AvgIpc) is 3.01. The van der Waals surface area contributed by atoms with Gasteiger partial charge >= 0.3 is 0 Å². The van der Waals surface area contributed by atoms with Crippen molar-refractivity contribution in [3.05, 3.63) is 58.9 Å². The van der Waals surface area contributed by atoms with E-state index in [1.54, 1.807) is 24.5 Å². The molecule has 0 spiro atoms. The van der Waals surface area contributed by atoms with Crippen molar-refractivity contribution < 1.29 is 4.39 Å². The van der Waals surface area contributed by atoms with Crippen LogP contribution in [0.5, 0.6) is 0 Å². The Bertz CT molecular complexity index is 981. The van der Waals surface area contributed by atoms with Crippen LogP contribution in [-0.2, 0) is 13.6 Å². The number of hydrogen-bond donors (Lipinski definition) is 0. The molecule has 2 aromatic heterocycles. The molecule has 0 unspecified atom stereocenters. The van der Waals surface area contributed by atoms with E-state index >= 15 is 0 Å². The highest BCUT2D eigenvalue weighted by Gasteiger charge is 2.22. The van der Waals surface area contributed by atoms with Crippen LogP contribution in [0.15, 0.2) is 36.8 Å².